The molecule has 1 saturated heterocycles. The molecule has 1 fully saturated rings. The van der Waals surface area contributed by atoms with Gasteiger partial charge in [-0.15, -0.1) is 0 Å². The maximum atomic E-state index is 12.8. The third kappa shape index (κ3) is 4.61. The number of aromatic hydroxyl groups is 1. The number of nitrogens with zero attached hydrogens (tertiary/aromatic N) is 1. The predicted octanol–water partition coefficient (Wildman–Crippen LogP) is 5.82. The molecule has 0 spiro atoms. The SMILES string of the molecule is CCOc1cc(/C=C2\SC(=O)N(CCOc3cccc4ccccc34)C2=O)cc(Br)c1O. The van der Waals surface area contributed by atoms with Crippen molar-refractivity contribution in [1.82, 2.24) is 4.90 Å². The quantitative estimate of drug-likeness (QED) is 0.401. The fourth-order valence-corrected chi connectivity index (χ4v) is 4.68. The summed E-state index contributed by atoms with van der Waals surface area (Å²) in [6.07, 6.45) is 1.61. The minimum absolute atomic E-state index is 0.0114. The highest BCUT2D eigenvalue weighted by atomic mass is 79.9. The first-order chi connectivity index (χ1) is 15.5. The Kier molecular flexibility index (Phi) is 6.72. The van der Waals surface area contributed by atoms with Crippen LogP contribution in [-0.4, -0.2) is 40.9 Å². The largest absolute Gasteiger partial charge is 0.503 e. The van der Waals surface area contributed by atoms with Crippen LogP contribution in [0.25, 0.3) is 16.8 Å². The molecule has 0 bridgehead atoms. The van der Waals surface area contributed by atoms with Gasteiger partial charge < -0.3 is 14.6 Å². The third-order valence-corrected chi connectivity index (χ3v) is 6.36. The molecule has 0 aromatic heterocycles. The second-order valence-electron chi connectivity index (χ2n) is 6.94. The summed E-state index contributed by atoms with van der Waals surface area (Å²) in [5.74, 6) is 0.630. The summed E-state index contributed by atoms with van der Waals surface area (Å²) < 4.78 is 11.7. The lowest BCUT2D eigenvalue weighted by Gasteiger charge is -2.14. The molecule has 8 heteroatoms. The van der Waals surface area contributed by atoms with Gasteiger partial charge in [-0.3, -0.25) is 14.5 Å². The van der Waals surface area contributed by atoms with E-state index in [-0.39, 0.29) is 30.0 Å². The standard InChI is InChI=1S/C24H20BrNO5S/c1-2-30-20-13-15(12-18(25)22(20)27)14-21-23(28)26(24(29)32-21)10-11-31-19-9-5-7-16-6-3-4-8-17(16)19/h3-9,12-14,27H,2,10-11H2,1H3/b21-14-. The van der Waals surface area contributed by atoms with Crippen LogP contribution in [0.1, 0.15) is 12.5 Å². The van der Waals surface area contributed by atoms with Gasteiger partial charge in [0.25, 0.3) is 11.1 Å². The van der Waals surface area contributed by atoms with Gasteiger partial charge in [-0.05, 0) is 69.8 Å². The molecule has 0 saturated carbocycles. The Morgan fingerprint density at radius 1 is 1.06 bits per heavy atom. The van der Waals surface area contributed by atoms with E-state index in [1.54, 1.807) is 18.2 Å². The second-order valence-corrected chi connectivity index (χ2v) is 8.79. The van der Waals surface area contributed by atoms with Gasteiger partial charge in [0.05, 0.1) is 22.5 Å². The van der Waals surface area contributed by atoms with Crippen molar-refractivity contribution in [2.75, 3.05) is 19.8 Å². The van der Waals surface area contributed by atoms with E-state index in [0.717, 1.165) is 22.5 Å². The molecule has 1 N–H and O–H groups in total. The van der Waals surface area contributed by atoms with Crippen molar-refractivity contribution in [3.63, 3.8) is 0 Å². The topological polar surface area (TPSA) is 76.1 Å². The lowest BCUT2D eigenvalue weighted by Crippen LogP contribution is -2.32. The Hall–Kier alpha value is -2.97. The average molecular weight is 514 g/mol. The minimum Gasteiger partial charge on any atom is -0.503 e. The number of amides is 2. The minimum atomic E-state index is -0.372. The van der Waals surface area contributed by atoms with Crippen LogP contribution in [0.5, 0.6) is 17.2 Å². The number of phenols is 1. The van der Waals surface area contributed by atoms with Gasteiger partial charge in [0, 0.05) is 5.39 Å². The highest BCUT2D eigenvalue weighted by Gasteiger charge is 2.35. The first-order valence-electron chi connectivity index (χ1n) is 9.99. The number of carbonyl (C=O) groups excluding carboxylic acids is 2. The van der Waals surface area contributed by atoms with E-state index in [0.29, 0.717) is 33.0 Å². The van der Waals surface area contributed by atoms with Crippen LogP contribution in [0, 0.1) is 0 Å². The van der Waals surface area contributed by atoms with E-state index in [2.05, 4.69) is 15.9 Å². The second kappa shape index (κ2) is 9.67. The number of ether oxygens (including phenoxy) is 2. The van der Waals surface area contributed by atoms with Crippen molar-refractivity contribution in [3.05, 3.63) is 69.5 Å². The van der Waals surface area contributed by atoms with Gasteiger partial charge in [-0.2, -0.15) is 0 Å². The summed E-state index contributed by atoms with van der Waals surface area (Å²) in [6.45, 7) is 2.54. The molecule has 6 nitrogen and oxygen atoms in total. The first kappa shape index (κ1) is 22.2. The number of hydrogen-bond acceptors (Lipinski definition) is 6. The molecule has 4 rings (SSSR count). The fourth-order valence-electron chi connectivity index (χ4n) is 3.36. The van der Waals surface area contributed by atoms with Crippen molar-refractivity contribution in [2.24, 2.45) is 0 Å². The van der Waals surface area contributed by atoms with E-state index < -0.39 is 0 Å². The first-order valence-corrected chi connectivity index (χ1v) is 11.6. The smallest absolute Gasteiger partial charge is 0.293 e. The van der Waals surface area contributed by atoms with Crippen molar-refractivity contribution < 1.29 is 24.2 Å². The summed E-state index contributed by atoms with van der Waals surface area (Å²) in [7, 11) is 0. The lowest BCUT2D eigenvalue weighted by molar-refractivity contribution is -0.123. The summed E-state index contributed by atoms with van der Waals surface area (Å²) in [5, 5.41) is 11.8. The van der Waals surface area contributed by atoms with Gasteiger partial charge in [0.15, 0.2) is 11.5 Å². The van der Waals surface area contributed by atoms with Gasteiger partial charge in [-0.1, -0.05) is 36.4 Å². The number of halogens is 1. The van der Waals surface area contributed by atoms with Crippen LogP contribution < -0.4 is 9.47 Å². The number of benzene rings is 3. The van der Waals surface area contributed by atoms with Crippen molar-refractivity contribution >= 4 is 55.7 Å². The maximum Gasteiger partial charge on any atom is 0.293 e. The number of rotatable bonds is 7. The number of thioether (sulfide) groups is 1. The average Bonchev–Trinajstić information content (AvgIpc) is 3.04. The Morgan fingerprint density at radius 3 is 2.66 bits per heavy atom. The predicted molar refractivity (Wildman–Crippen MR) is 129 cm³/mol. The molecular formula is C24H20BrNO5S. The summed E-state index contributed by atoms with van der Waals surface area (Å²) in [6, 6.07) is 16.9. The molecule has 3 aromatic rings. The highest BCUT2D eigenvalue weighted by molar-refractivity contribution is 9.10. The molecular weight excluding hydrogens is 494 g/mol. The van der Waals surface area contributed by atoms with Crippen molar-refractivity contribution in [3.8, 4) is 17.2 Å². The van der Waals surface area contributed by atoms with Crippen molar-refractivity contribution in [2.45, 2.75) is 6.92 Å². The van der Waals surface area contributed by atoms with Crippen LogP contribution >= 0.6 is 27.7 Å². The fraction of sp³-hybridized carbons (Fsp3) is 0.167. The molecule has 1 aliphatic heterocycles. The van der Waals surface area contributed by atoms with Crippen molar-refractivity contribution in [1.29, 1.82) is 0 Å². The van der Waals surface area contributed by atoms with Gasteiger partial charge in [0.1, 0.15) is 12.4 Å². The van der Waals surface area contributed by atoms with Crippen LogP contribution in [0.3, 0.4) is 0 Å². The number of carbonyl (C=O) groups is 2. The summed E-state index contributed by atoms with van der Waals surface area (Å²) in [5.41, 5.74) is 0.635. The van der Waals surface area contributed by atoms with Crippen LogP contribution in [-0.2, 0) is 4.79 Å². The maximum absolute atomic E-state index is 12.8. The van der Waals surface area contributed by atoms with Crippen LogP contribution in [0.2, 0.25) is 0 Å². The van der Waals surface area contributed by atoms with E-state index in [9.17, 15) is 14.7 Å². The Morgan fingerprint density at radius 2 is 1.84 bits per heavy atom. The van der Waals surface area contributed by atoms with Gasteiger partial charge in [-0.25, -0.2) is 0 Å². The molecule has 164 valence electrons. The van der Waals surface area contributed by atoms with E-state index in [1.807, 2.05) is 49.4 Å². The molecule has 32 heavy (non-hydrogen) atoms. The highest BCUT2D eigenvalue weighted by Crippen LogP contribution is 2.38. The number of hydrogen-bond donors (Lipinski definition) is 1. The van der Waals surface area contributed by atoms with E-state index in [4.69, 9.17) is 9.47 Å². The monoisotopic (exact) mass is 513 g/mol. The van der Waals surface area contributed by atoms with Crippen LogP contribution in [0.15, 0.2) is 64.0 Å². The lowest BCUT2D eigenvalue weighted by atomic mass is 10.1. The van der Waals surface area contributed by atoms with Gasteiger partial charge >= 0.3 is 0 Å². The summed E-state index contributed by atoms with van der Waals surface area (Å²) in [4.78, 5) is 26.7. The Labute approximate surface area is 197 Å². The molecule has 1 aliphatic rings. The molecule has 2 amide bonds. The molecule has 0 atom stereocenters. The third-order valence-electron chi connectivity index (χ3n) is 4.84. The molecule has 0 unspecified atom stereocenters. The van der Waals surface area contributed by atoms with Gasteiger partial charge in [0.2, 0.25) is 0 Å². The molecule has 1 heterocycles. The molecule has 0 radical (unpaired) electrons. The molecule has 0 aliphatic carbocycles. The van der Waals surface area contributed by atoms with E-state index >= 15 is 0 Å². The zero-order chi connectivity index (χ0) is 22.7. The van der Waals surface area contributed by atoms with Crippen LogP contribution in [0.4, 0.5) is 4.79 Å². The zero-order valence-electron chi connectivity index (χ0n) is 17.2. The Balaban J connectivity index is 1.46. The van der Waals surface area contributed by atoms with E-state index in [1.165, 1.54) is 4.90 Å². The Bertz CT molecular complexity index is 1220. The summed E-state index contributed by atoms with van der Waals surface area (Å²) >= 11 is 4.16. The number of fused-ring (bicyclic) bond motifs is 1. The zero-order valence-corrected chi connectivity index (χ0v) is 19.6. The number of imide groups is 1. The normalized spacial score (nSPS) is 15.1. The number of phenolic OH excluding ortho intramolecular Hbond substituents is 1. The molecule has 3 aromatic carbocycles.